The summed E-state index contributed by atoms with van der Waals surface area (Å²) in [7, 11) is 0. The number of hydrogen-bond donors (Lipinski definition) is 1. The van der Waals surface area contributed by atoms with E-state index in [-0.39, 0.29) is 12.5 Å². The maximum atomic E-state index is 13.2. The van der Waals surface area contributed by atoms with E-state index in [9.17, 15) is 13.6 Å². The van der Waals surface area contributed by atoms with Crippen LogP contribution in [0.25, 0.3) is 16.9 Å². The van der Waals surface area contributed by atoms with Crippen molar-refractivity contribution in [2.45, 2.75) is 6.42 Å². The van der Waals surface area contributed by atoms with Crippen LogP contribution < -0.4 is 5.32 Å². The molecule has 2 aromatic heterocycles. The monoisotopic (exact) mass is 378 g/mol. The molecule has 2 aromatic carbocycles. The Bertz CT molecular complexity index is 1120. The van der Waals surface area contributed by atoms with Gasteiger partial charge in [-0.2, -0.15) is 5.10 Å². The predicted molar refractivity (Wildman–Crippen MR) is 101 cm³/mol. The fraction of sp³-hybridized carbons (Fsp3) is 0.0952. The van der Waals surface area contributed by atoms with E-state index in [1.807, 2.05) is 36.4 Å². The number of amides is 1. The average Bonchev–Trinajstić information content (AvgIpc) is 3.12. The lowest BCUT2D eigenvalue weighted by atomic mass is 10.1. The first-order valence-electron chi connectivity index (χ1n) is 8.73. The Hall–Kier alpha value is -3.61. The Labute approximate surface area is 159 Å². The third kappa shape index (κ3) is 3.59. The number of hydrogen-bond acceptors (Lipinski definition) is 3. The molecule has 0 aliphatic heterocycles. The summed E-state index contributed by atoms with van der Waals surface area (Å²) in [6.45, 7) is 0.234. The zero-order valence-electron chi connectivity index (χ0n) is 14.8. The van der Waals surface area contributed by atoms with Crippen LogP contribution in [-0.2, 0) is 6.42 Å². The van der Waals surface area contributed by atoms with E-state index in [1.165, 1.54) is 18.3 Å². The fourth-order valence-corrected chi connectivity index (χ4v) is 3.05. The summed E-state index contributed by atoms with van der Waals surface area (Å²) in [5.41, 5.74) is 3.03. The van der Waals surface area contributed by atoms with Gasteiger partial charge in [0.25, 0.3) is 5.91 Å². The molecule has 0 aliphatic rings. The van der Waals surface area contributed by atoms with Gasteiger partial charge in [0.05, 0.1) is 11.9 Å². The molecule has 140 valence electrons. The number of carbonyl (C=O) groups is 1. The van der Waals surface area contributed by atoms with Crippen molar-refractivity contribution >= 4 is 11.6 Å². The zero-order chi connectivity index (χ0) is 19.5. The predicted octanol–water partition coefficient (Wildman–Crippen LogP) is 3.65. The van der Waals surface area contributed by atoms with E-state index in [0.29, 0.717) is 23.2 Å². The SMILES string of the molecule is O=C(NCCc1cc(F)cc(F)c1)c1cnn2c(-c3ccccc3)ccnc12. The molecule has 0 radical (unpaired) electrons. The van der Waals surface area contributed by atoms with E-state index >= 15 is 0 Å². The van der Waals surface area contributed by atoms with Gasteiger partial charge in [0.1, 0.15) is 17.2 Å². The molecule has 0 fully saturated rings. The first kappa shape index (κ1) is 17.8. The Balaban J connectivity index is 1.52. The molecular formula is C21H16F2N4O. The number of nitrogens with one attached hydrogen (secondary N) is 1. The molecule has 1 amide bonds. The maximum absolute atomic E-state index is 13.2. The van der Waals surface area contributed by atoms with Gasteiger partial charge in [0.2, 0.25) is 0 Å². The molecule has 0 aliphatic carbocycles. The number of nitrogens with zero attached hydrogens (tertiary/aromatic N) is 3. The number of aromatic nitrogens is 3. The van der Waals surface area contributed by atoms with Crippen molar-refractivity contribution in [1.29, 1.82) is 0 Å². The summed E-state index contributed by atoms with van der Waals surface area (Å²) in [6.07, 6.45) is 3.40. The molecule has 0 saturated heterocycles. The van der Waals surface area contributed by atoms with E-state index in [2.05, 4.69) is 15.4 Å². The van der Waals surface area contributed by atoms with Crippen LogP contribution in [0.4, 0.5) is 8.78 Å². The quantitative estimate of drug-likeness (QED) is 0.577. The molecule has 0 saturated carbocycles. The lowest BCUT2D eigenvalue weighted by Gasteiger charge is -2.06. The van der Waals surface area contributed by atoms with Crippen molar-refractivity contribution in [2.24, 2.45) is 0 Å². The molecule has 4 aromatic rings. The molecule has 2 heterocycles. The smallest absolute Gasteiger partial charge is 0.256 e. The van der Waals surface area contributed by atoms with Crippen LogP contribution in [0.2, 0.25) is 0 Å². The van der Waals surface area contributed by atoms with Gasteiger partial charge in [0, 0.05) is 24.4 Å². The first-order chi connectivity index (χ1) is 13.6. The van der Waals surface area contributed by atoms with Crippen molar-refractivity contribution in [3.8, 4) is 11.3 Å². The van der Waals surface area contributed by atoms with Gasteiger partial charge in [-0.25, -0.2) is 18.3 Å². The molecule has 7 heteroatoms. The minimum Gasteiger partial charge on any atom is -0.352 e. The Morgan fingerprint density at radius 3 is 2.54 bits per heavy atom. The van der Waals surface area contributed by atoms with Crippen molar-refractivity contribution in [2.75, 3.05) is 6.54 Å². The summed E-state index contributed by atoms with van der Waals surface area (Å²) in [5.74, 6) is -1.62. The van der Waals surface area contributed by atoms with Crippen molar-refractivity contribution < 1.29 is 13.6 Å². The minimum atomic E-state index is -0.637. The van der Waals surface area contributed by atoms with Crippen LogP contribution in [0, 0.1) is 11.6 Å². The van der Waals surface area contributed by atoms with Crippen molar-refractivity contribution in [3.05, 3.63) is 89.8 Å². The Morgan fingerprint density at radius 1 is 1.04 bits per heavy atom. The molecule has 0 unspecified atom stereocenters. The minimum absolute atomic E-state index is 0.234. The van der Waals surface area contributed by atoms with Gasteiger partial charge in [0.15, 0.2) is 5.65 Å². The third-order valence-electron chi connectivity index (χ3n) is 4.34. The molecule has 0 bridgehead atoms. The molecule has 1 N–H and O–H groups in total. The highest BCUT2D eigenvalue weighted by Crippen LogP contribution is 2.20. The second-order valence-electron chi connectivity index (χ2n) is 6.27. The highest BCUT2D eigenvalue weighted by atomic mass is 19.1. The van der Waals surface area contributed by atoms with E-state index in [0.717, 1.165) is 17.3 Å². The molecule has 5 nitrogen and oxygen atoms in total. The van der Waals surface area contributed by atoms with Crippen LogP contribution in [-0.4, -0.2) is 27.0 Å². The van der Waals surface area contributed by atoms with Crippen LogP contribution in [0.3, 0.4) is 0 Å². The number of halogens is 2. The van der Waals surface area contributed by atoms with Crippen molar-refractivity contribution in [1.82, 2.24) is 19.9 Å². The fourth-order valence-electron chi connectivity index (χ4n) is 3.05. The average molecular weight is 378 g/mol. The molecule has 0 atom stereocenters. The van der Waals surface area contributed by atoms with Gasteiger partial charge >= 0.3 is 0 Å². The van der Waals surface area contributed by atoms with Crippen LogP contribution in [0.5, 0.6) is 0 Å². The maximum Gasteiger partial charge on any atom is 0.256 e. The molecular weight excluding hydrogens is 362 g/mol. The Kier molecular flexibility index (Phi) is 4.80. The van der Waals surface area contributed by atoms with Gasteiger partial charge in [-0.05, 0) is 30.2 Å². The van der Waals surface area contributed by atoms with Crippen LogP contribution in [0.1, 0.15) is 15.9 Å². The van der Waals surface area contributed by atoms with E-state index in [1.54, 1.807) is 10.7 Å². The summed E-state index contributed by atoms with van der Waals surface area (Å²) in [6, 6.07) is 14.8. The van der Waals surface area contributed by atoms with Gasteiger partial charge in [-0.15, -0.1) is 0 Å². The molecule has 0 spiro atoms. The topological polar surface area (TPSA) is 59.3 Å². The second-order valence-corrected chi connectivity index (χ2v) is 6.27. The normalized spacial score (nSPS) is 10.9. The van der Waals surface area contributed by atoms with Crippen molar-refractivity contribution in [3.63, 3.8) is 0 Å². The number of carbonyl (C=O) groups excluding carboxylic acids is 1. The van der Waals surface area contributed by atoms with Gasteiger partial charge in [-0.1, -0.05) is 30.3 Å². The highest BCUT2D eigenvalue weighted by Gasteiger charge is 2.16. The number of rotatable bonds is 5. The summed E-state index contributed by atoms with van der Waals surface area (Å²) in [4.78, 5) is 16.8. The van der Waals surface area contributed by atoms with E-state index in [4.69, 9.17) is 0 Å². The molecule has 4 rings (SSSR count). The highest BCUT2D eigenvalue weighted by molar-refractivity contribution is 5.99. The van der Waals surface area contributed by atoms with Gasteiger partial charge in [-0.3, -0.25) is 4.79 Å². The zero-order valence-corrected chi connectivity index (χ0v) is 14.8. The lowest BCUT2D eigenvalue weighted by Crippen LogP contribution is -2.25. The largest absolute Gasteiger partial charge is 0.352 e. The van der Waals surface area contributed by atoms with Gasteiger partial charge < -0.3 is 5.32 Å². The summed E-state index contributed by atoms with van der Waals surface area (Å²) in [5, 5.41) is 7.05. The number of fused-ring (bicyclic) bond motifs is 1. The second kappa shape index (κ2) is 7.56. The van der Waals surface area contributed by atoms with Crippen LogP contribution >= 0.6 is 0 Å². The summed E-state index contributed by atoms with van der Waals surface area (Å²) < 4.78 is 28.1. The van der Waals surface area contributed by atoms with E-state index < -0.39 is 11.6 Å². The Morgan fingerprint density at radius 2 is 1.79 bits per heavy atom. The lowest BCUT2D eigenvalue weighted by molar-refractivity contribution is 0.0955. The first-order valence-corrected chi connectivity index (χ1v) is 8.73. The molecule has 28 heavy (non-hydrogen) atoms. The standard InChI is InChI=1S/C21H16F2N4O/c22-16-10-14(11-17(23)12-16)6-8-25-21(28)18-13-26-27-19(7-9-24-20(18)27)15-4-2-1-3-5-15/h1-5,7,9-13H,6,8H2,(H,25,28). The van der Waals surface area contributed by atoms with Crippen LogP contribution in [0.15, 0.2) is 67.0 Å². The third-order valence-corrected chi connectivity index (χ3v) is 4.34. The number of benzene rings is 2. The summed E-state index contributed by atoms with van der Waals surface area (Å²) >= 11 is 0.